The number of hydrogen-bond acceptors (Lipinski definition) is 2. The quantitative estimate of drug-likeness (QED) is 0.781. The Balaban J connectivity index is 2.07. The van der Waals surface area contributed by atoms with E-state index in [2.05, 4.69) is 35.0 Å². The van der Waals surface area contributed by atoms with E-state index in [1.807, 2.05) is 0 Å². The Kier molecular flexibility index (Phi) is 1.99. The minimum atomic E-state index is 0.176. The van der Waals surface area contributed by atoms with Crippen LogP contribution in [0.2, 0.25) is 0 Å². The van der Waals surface area contributed by atoms with Gasteiger partial charge in [-0.25, -0.2) is 0 Å². The number of nitrogens with one attached hydrogen (secondary N) is 1. The first kappa shape index (κ1) is 8.92. The highest BCUT2D eigenvalue weighted by molar-refractivity contribution is 7.17. The molecular formula is C12H11NOS. The topological polar surface area (TPSA) is 29.1 Å². The lowest BCUT2D eigenvalue weighted by molar-refractivity contribution is -0.119. The number of thiophene rings is 1. The van der Waals surface area contributed by atoms with E-state index >= 15 is 0 Å². The standard InChI is InChI=1S/C12H11NOS/c14-12-5-8(6-13-12)10-7-15-11-4-2-1-3-9(10)11/h1-4,7-8H,5-6H2,(H,13,14). The van der Waals surface area contributed by atoms with Gasteiger partial charge in [-0.3, -0.25) is 4.79 Å². The number of rotatable bonds is 1. The molecule has 2 nitrogen and oxygen atoms in total. The lowest BCUT2D eigenvalue weighted by Gasteiger charge is -2.04. The van der Waals surface area contributed by atoms with Crippen molar-refractivity contribution in [2.24, 2.45) is 0 Å². The zero-order valence-electron chi connectivity index (χ0n) is 8.19. The highest BCUT2D eigenvalue weighted by Gasteiger charge is 2.24. The summed E-state index contributed by atoms with van der Waals surface area (Å²) in [5.41, 5.74) is 1.33. The summed E-state index contributed by atoms with van der Waals surface area (Å²) in [6.45, 7) is 0.791. The van der Waals surface area contributed by atoms with Crippen molar-refractivity contribution >= 4 is 27.3 Å². The number of hydrogen-bond donors (Lipinski definition) is 1. The fourth-order valence-corrected chi connectivity index (χ4v) is 3.18. The summed E-state index contributed by atoms with van der Waals surface area (Å²) in [6.07, 6.45) is 0.640. The van der Waals surface area contributed by atoms with Crippen molar-refractivity contribution in [3.63, 3.8) is 0 Å². The molecule has 0 saturated carbocycles. The minimum absolute atomic E-state index is 0.176. The van der Waals surface area contributed by atoms with Crippen LogP contribution in [0.1, 0.15) is 17.9 Å². The van der Waals surface area contributed by atoms with E-state index in [1.165, 1.54) is 15.6 Å². The summed E-state index contributed by atoms with van der Waals surface area (Å²) in [5.74, 6) is 0.545. The number of carbonyl (C=O) groups is 1. The van der Waals surface area contributed by atoms with Gasteiger partial charge in [0.1, 0.15) is 0 Å². The number of benzene rings is 1. The summed E-state index contributed by atoms with van der Waals surface area (Å²) in [6, 6.07) is 8.39. The Labute approximate surface area is 91.9 Å². The second kappa shape index (κ2) is 3.35. The fourth-order valence-electron chi connectivity index (χ4n) is 2.14. The number of amides is 1. The first-order chi connectivity index (χ1) is 7.34. The molecule has 1 aliphatic rings. The molecule has 1 unspecified atom stereocenters. The molecule has 15 heavy (non-hydrogen) atoms. The highest BCUT2D eigenvalue weighted by atomic mass is 32.1. The molecule has 0 aliphatic carbocycles. The molecule has 2 aromatic rings. The van der Waals surface area contributed by atoms with Gasteiger partial charge in [-0.1, -0.05) is 18.2 Å². The Morgan fingerprint density at radius 1 is 1.33 bits per heavy atom. The van der Waals surface area contributed by atoms with E-state index in [-0.39, 0.29) is 5.91 Å². The van der Waals surface area contributed by atoms with Crippen LogP contribution in [0, 0.1) is 0 Å². The van der Waals surface area contributed by atoms with Gasteiger partial charge in [0, 0.05) is 23.6 Å². The summed E-state index contributed by atoms with van der Waals surface area (Å²) >= 11 is 1.76. The van der Waals surface area contributed by atoms with E-state index in [1.54, 1.807) is 11.3 Å². The third kappa shape index (κ3) is 1.43. The van der Waals surface area contributed by atoms with Gasteiger partial charge in [-0.2, -0.15) is 0 Å². The molecule has 1 N–H and O–H groups in total. The zero-order valence-corrected chi connectivity index (χ0v) is 9.01. The number of carbonyl (C=O) groups excluding carboxylic acids is 1. The Morgan fingerprint density at radius 3 is 3.00 bits per heavy atom. The van der Waals surface area contributed by atoms with E-state index in [4.69, 9.17) is 0 Å². The molecule has 1 fully saturated rings. The molecule has 0 radical (unpaired) electrons. The molecule has 3 rings (SSSR count). The molecule has 0 spiro atoms. The molecule has 3 heteroatoms. The molecule has 0 bridgehead atoms. The highest BCUT2D eigenvalue weighted by Crippen LogP contribution is 2.34. The van der Waals surface area contributed by atoms with Gasteiger partial charge in [-0.05, 0) is 22.4 Å². The van der Waals surface area contributed by atoms with Crippen LogP contribution in [0.25, 0.3) is 10.1 Å². The monoisotopic (exact) mass is 217 g/mol. The fraction of sp³-hybridized carbons (Fsp3) is 0.250. The van der Waals surface area contributed by atoms with Crippen LogP contribution in [0.5, 0.6) is 0 Å². The maximum atomic E-state index is 11.2. The van der Waals surface area contributed by atoms with E-state index in [0.29, 0.717) is 12.3 Å². The predicted molar refractivity (Wildman–Crippen MR) is 62.2 cm³/mol. The van der Waals surface area contributed by atoms with Crippen LogP contribution in [-0.4, -0.2) is 12.5 Å². The van der Waals surface area contributed by atoms with Crippen molar-refractivity contribution in [3.05, 3.63) is 35.2 Å². The molecule has 1 aliphatic heterocycles. The van der Waals surface area contributed by atoms with Crippen molar-refractivity contribution in [1.82, 2.24) is 5.32 Å². The molecule has 1 aromatic heterocycles. The van der Waals surface area contributed by atoms with Gasteiger partial charge in [0.05, 0.1) is 0 Å². The Morgan fingerprint density at radius 2 is 2.20 bits per heavy atom. The largest absolute Gasteiger partial charge is 0.355 e. The van der Waals surface area contributed by atoms with E-state index in [0.717, 1.165) is 6.54 Å². The van der Waals surface area contributed by atoms with Gasteiger partial charge >= 0.3 is 0 Å². The molecular weight excluding hydrogens is 206 g/mol. The van der Waals surface area contributed by atoms with Gasteiger partial charge in [-0.15, -0.1) is 11.3 Å². The Hall–Kier alpha value is -1.35. The first-order valence-electron chi connectivity index (χ1n) is 5.07. The lowest BCUT2D eigenvalue weighted by Crippen LogP contribution is -2.13. The van der Waals surface area contributed by atoms with Gasteiger partial charge in [0.25, 0.3) is 0 Å². The molecule has 2 heterocycles. The van der Waals surface area contributed by atoms with Gasteiger partial charge in [0.2, 0.25) is 5.91 Å². The zero-order chi connectivity index (χ0) is 10.3. The van der Waals surface area contributed by atoms with Crippen LogP contribution >= 0.6 is 11.3 Å². The van der Waals surface area contributed by atoms with Crippen molar-refractivity contribution in [2.45, 2.75) is 12.3 Å². The van der Waals surface area contributed by atoms with Gasteiger partial charge < -0.3 is 5.32 Å². The summed E-state index contributed by atoms with van der Waals surface area (Å²) in [7, 11) is 0. The molecule has 1 amide bonds. The molecule has 1 atom stereocenters. The maximum absolute atomic E-state index is 11.2. The van der Waals surface area contributed by atoms with Crippen LogP contribution in [-0.2, 0) is 4.79 Å². The van der Waals surface area contributed by atoms with Crippen LogP contribution in [0.3, 0.4) is 0 Å². The maximum Gasteiger partial charge on any atom is 0.220 e. The van der Waals surface area contributed by atoms with E-state index in [9.17, 15) is 4.79 Å². The molecule has 76 valence electrons. The second-order valence-electron chi connectivity index (χ2n) is 3.89. The average molecular weight is 217 g/mol. The second-order valence-corrected chi connectivity index (χ2v) is 4.80. The Bertz CT molecular complexity index is 517. The third-order valence-corrected chi connectivity index (χ3v) is 3.91. The predicted octanol–water partition coefficient (Wildman–Crippen LogP) is 2.50. The number of fused-ring (bicyclic) bond motifs is 1. The van der Waals surface area contributed by atoms with Crippen molar-refractivity contribution in [1.29, 1.82) is 0 Å². The summed E-state index contributed by atoms with van der Waals surface area (Å²) in [5, 5.41) is 6.39. The minimum Gasteiger partial charge on any atom is -0.355 e. The molecule has 1 aromatic carbocycles. The SMILES string of the molecule is O=C1CC(c2csc3ccccc23)CN1. The van der Waals surface area contributed by atoms with Crippen molar-refractivity contribution < 1.29 is 4.79 Å². The lowest BCUT2D eigenvalue weighted by atomic mass is 9.98. The third-order valence-electron chi connectivity index (χ3n) is 2.93. The molecule has 1 saturated heterocycles. The van der Waals surface area contributed by atoms with Crippen LogP contribution in [0.15, 0.2) is 29.6 Å². The summed E-state index contributed by atoms with van der Waals surface area (Å²) < 4.78 is 1.31. The average Bonchev–Trinajstić information content (AvgIpc) is 2.83. The normalized spacial score (nSPS) is 20.8. The van der Waals surface area contributed by atoms with Crippen LogP contribution in [0.4, 0.5) is 0 Å². The van der Waals surface area contributed by atoms with Crippen molar-refractivity contribution in [2.75, 3.05) is 6.54 Å². The van der Waals surface area contributed by atoms with Crippen LogP contribution < -0.4 is 5.32 Å². The van der Waals surface area contributed by atoms with Gasteiger partial charge in [0.15, 0.2) is 0 Å². The first-order valence-corrected chi connectivity index (χ1v) is 5.95. The smallest absolute Gasteiger partial charge is 0.220 e. The van der Waals surface area contributed by atoms with E-state index < -0.39 is 0 Å². The summed E-state index contributed by atoms with van der Waals surface area (Å²) in [4.78, 5) is 11.2. The van der Waals surface area contributed by atoms with Crippen molar-refractivity contribution in [3.8, 4) is 0 Å².